The zero-order chi connectivity index (χ0) is 14.8. The van der Waals surface area contributed by atoms with Crippen molar-refractivity contribution in [1.29, 1.82) is 0 Å². The van der Waals surface area contributed by atoms with Gasteiger partial charge in [-0.2, -0.15) is 0 Å². The number of nitrogens with zero attached hydrogens (tertiary/aromatic N) is 3. The van der Waals surface area contributed by atoms with E-state index in [4.69, 9.17) is 10.5 Å². The maximum absolute atomic E-state index is 5.74. The summed E-state index contributed by atoms with van der Waals surface area (Å²) >= 11 is 5.21. The largest absolute Gasteiger partial charge is 0.496 e. The molecule has 0 unspecified atom stereocenters. The first kappa shape index (κ1) is 14.9. The lowest BCUT2D eigenvalue weighted by molar-refractivity contribution is 0.412. The zero-order valence-electron chi connectivity index (χ0n) is 11.8. The Morgan fingerprint density at radius 1 is 1.43 bits per heavy atom. The van der Waals surface area contributed by atoms with Crippen molar-refractivity contribution in [2.45, 2.75) is 36.3 Å². The molecule has 0 amide bonds. The average Bonchev–Trinajstić information content (AvgIpc) is 3.25. The van der Waals surface area contributed by atoms with Crippen molar-refractivity contribution < 1.29 is 4.74 Å². The Bertz CT molecular complexity index is 642. The normalized spacial score (nSPS) is 14.4. The molecule has 21 heavy (non-hydrogen) atoms. The van der Waals surface area contributed by atoms with Gasteiger partial charge >= 0.3 is 0 Å². The SMILES string of the molecule is COc1ccc(CSc2nnc(CN)n2C2CC2)cc1Br. The van der Waals surface area contributed by atoms with E-state index in [9.17, 15) is 0 Å². The highest BCUT2D eigenvalue weighted by atomic mass is 79.9. The molecule has 0 saturated heterocycles. The van der Waals surface area contributed by atoms with Crippen LogP contribution in [0.1, 0.15) is 30.3 Å². The fourth-order valence-electron chi connectivity index (χ4n) is 2.19. The molecule has 1 heterocycles. The summed E-state index contributed by atoms with van der Waals surface area (Å²) in [5.74, 6) is 2.57. The highest BCUT2D eigenvalue weighted by Gasteiger charge is 2.29. The Morgan fingerprint density at radius 3 is 2.86 bits per heavy atom. The van der Waals surface area contributed by atoms with Crippen LogP contribution in [-0.4, -0.2) is 21.9 Å². The van der Waals surface area contributed by atoms with E-state index in [1.54, 1.807) is 18.9 Å². The molecule has 1 aliphatic carbocycles. The third-order valence-electron chi connectivity index (χ3n) is 3.41. The van der Waals surface area contributed by atoms with Crippen molar-refractivity contribution in [3.63, 3.8) is 0 Å². The maximum Gasteiger partial charge on any atom is 0.191 e. The first-order chi connectivity index (χ1) is 10.2. The Hall–Kier alpha value is -1.05. The van der Waals surface area contributed by atoms with Gasteiger partial charge in [0.2, 0.25) is 0 Å². The van der Waals surface area contributed by atoms with Crippen LogP contribution in [0.4, 0.5) is 0 Å². The van der Waals surface area contributed by atoms with Gasteiger partial charge in [-0.25, -0.2) is 0 Å². The summed E-state index contributed by atoms with van der Waals surface area (Å²) in [6.45, 7) is 0.443. The molecule has 1 saturated carbocycles. The van der Waals surface area contributed by atoms with Crippen LogP contribution in [0.5, 0.6) is 5.75 Å². The minimum absolute atomic E-state index is 0.443. The summed E-state index contributed by atoms with van der Waals surface area (Å²) in [6.07, 6.45) is 2.40. The molecule has 112 valence electrons. The molecule has 1 aromatic heterocycles. The number of methoxy groups -OCH3 is 1. The van der Waals surface area contributed by atoms with Crippen LogP contribution in [-0.2, 0) is 12.3 Å². The van der Waals surface area contributed by atoms with Crippen molar-refractivity contribution in [2.24, 2.45) is 5.73 Å². The summed E-state index contributed by atoms with van der Waals surface area (Å²) < 4.78 is 8.41. The molecule has 2 N–H and O–H groups in total. The lowest BCUT2D eigenvalue weighted by Crippen LogP contribution is -2.08. The van der Waals surface area contributed by atoms with Crippen LogP contribution < -0.4 is 10.5 Å². The number of aromatic nitrogens is 3. The standard InChI is InChI=1S/C14H17BrN4OS/c1-20-12-5-2-9(6-11(12)15)8-21-14-18-17-13(7-16)19(14)10-3-4-10/h2,5-6,10H,3-4,7-8,16H2,1H3. The molecule has 3 rings (SSSR count). The predicted octanol–water partition coefficient (Wildman–Crippen LogP) is 3.14. The highest BCUT2D eigenvalue weighted by Crippen LogP contribution is 2.39. The quantitative estimate of drug-likeness (QED) is 0.793. The van der Waals surface area contributed by atoms with Gasteiger partial charge < -0.3 is 15.0 Å². The van der Waals surface area contributed by atoms with E-state index in [-0.39, 0.29) is 0 Å². The van der Waals surface area contributed by atoms with Gasteiger partial charge in [-0.1, -0.05) is 17.8 Å². The summed E-state index contributed by atoms with van der Waals surface area (Å²) in [5.41, 5.74) is 6.95. The van der Waals surface area contributed by atoms with Gasteiger partial charge in [0.25, 0.3) is 0 Å². The van der Waals surface area contributed by atoms with Crippen LogP contribution in [0.15, 0.2) is 27.8 Å². The van der Waals surface area contributed by atoms with Gasteiger partial charge in [0.15, 0.2) is 5.16 Å². The number of halogens is 1. The lowest BCUT2D eigenvalue weighted by Gasteiger charge is -2.08. The molecule has 1 fully saturated rings. The number of benzene rings is 1. The molecule has 0 atom stereocenters. The van der Waals surface area contributed by atoms with E-state index in [0.29, 0.717) is 12.6 Å². The topological polar surface area (TPSA) is 66.0 Å². The fraction of sp³-hybridized carbons (Fsp3) is 0.429. The van der Waals surface area contributed by atoms with Crippen LogP contribution in [0.25, 0.3) is 0 Å². The van der Waals surface area contributed by atoms with E-state index in [1.165, 1.54) is 18.4 Å². The van der Waals surface area contributed by atoms with Crippen molar-refractivity contribution in [2.75, 3.05) is 7.11 Å². The summed E-state index contributed by atoms with van der Waals surface area (Å²) in [7, 11) is 1.67. The minimum atomic E-state index is 0.443. The van der Waals surface area contributed by atoms with Crippen LogP contribution in [0.2, 0.25) is 0 Å². The van der Waals surface area contributed by atoms with E-state index < -0.39 is 0 Å². The van der Waals surface area contributed by atoms with Gasteiger partial charge in [-0.3, -0.25) is 0 Å². The molecule has 0 aliphatic heterocycles. The Labute approximate surface area is 136 Å². The first-order valence-corrected chi connectivity index (χ1v) is 8.60. The monoisotopic (exact) mass is 368 g/mol. The average molecular weight is 369 g/mol. The van der Waals surface area contributed by atoms with Gasteiger partial charge in [-0.15, -0.1) is 10.2 Å². The minimum Gasteiger partial charge on any atom is -0.496 e. The Kier molecular flexibility index (Phi) is 4.51. The lowest BCUT2D eigenvalue weighted by atomic mass is 10.2. The van der Waals surface area contributed by atoms with Crippen molar-refractivity contribution in [3.8, 4) is 5.75 Å². The second-order valence-electron chi connectivity index (χ2n) is 4.96. The number of ether oxygens (including phenoxy) is 1. The number of thioether (sulfide) groups is 1. The molecule has 0 bridgehead atoms. The second-order valence-corrected chi connectivity index (χ2v) is 6.76. The Balaban J connectivity index is 1.73. The van der Waals surface area contributed by atoms with Crippen LogP contribution >= 0.6 is 27.7 Å². The highest BCUT2D eigenvalue weighted by molar-refractivity contribution is 9.10. The fourth-order valence-corrected chi connectivity index (χ4v) is 3.75. The molecule has 5 nitrogen and oxygen atoms in total. The van der Waals surface area contributed by atoms with Gasteiger partial charge in [-0.05, 0) is 46.5 Å². The zero-order valence-corrected chi connectivity index (χ0v) is 14.2. The smallest absolute Gasteiger partial charge is 0.191 e. The molecule has 1 aliphatic rings. The number of rotatable bonds is 6. The van der Waals surface area contributed by atoms with Gasteiger partial charge in [0.1, 0.15) is 11.6 Å². The van der Waals surface area contributed by atoms with E-state index >= 15 is 0 Å². The van der Waals surface area contributed by atoms with Gasteiger partial charge in [0, 0.05) is 11.8 Å². The number of hydrogen-bond donors (Lipinski definition) is 1. The number of hydrogen-bond acceptors (Lipinski definition) is 5. The molecule has 1 aromatic carbocycles. The van der Waals surface area contributed by atoms with Crippen molar-refractivity contribution in [3.05, 3.63) is 34.1 Å². The summed E-state index contributed by atoms with van der Waals surface area (Å²) in [4.78, 5) is 0. The maximum atomic E-state index is 5.74. The van der Waals surface area contributed by atoms with Crippen LogP contribution in [0.3, 0.4) is 0 Å². The Morgan fingerprint density at radius 2 is 2.24 bits per heavy atom. The molecular formula is C14H17BrN4OS. The van der Waals surface area contributed by atoms with Crippen molar-refractivity contribution >= 4 is 27.7 Å². The van der Waals surface area contributed by atoms with Gasteiger partial charge in [0.05, 0.1) is 18.1 Å². The van der Waals surface area contributed by atoms with Crippen molar-refractivity contribution in [1.82, 2.24) is 14.8 Å². The van der Waals surface area contributed by atoms with E-state index in [0.717, 1.165) is 27.0 Å². The summed E-state index contributed by atoms with van der Waals surface area (Å²) in [6, 6.07) is 6.66. The molecule has 0 spiro atoms. The molecule has 0 radical (unpaired) electrons. The summed E-state index contributed by atoms with van der Waals surface area (Å²) in [5, 5.41) is 9.43. The molecule has 7 heteroatoms. The first-order valence-electron chi connectivity index (χ1n) is 6.82. The predicted molar refractivity (Wildman–Crippen MR) is 86.4 cm³/mol. The van der Waals surface area contributed by atoms with Crippen LogP contribution in [0, 0.1) is 0 Å². The van der Waals surface area contributed by atoms with E-state index in [2.05, 4.69) is 42.8 Å². The third-order valence-corrected chi connectivity index (χ3v) is 5.05. The second kappa shape index (κ2) is 6.37. The number of nitrogens with two attached hydrogens (primary N) is 1. The van der Waals surface area contributed by atoms with E-state index in [1.807, 2.05) is 6.07 Å². The third kappa shape index (κ3) is 3.25. The molecular weight excluding hydrogens is 352 g/mol. The molecule has 2 aromatic rings.